The van der Waals surface area contributed by atoms with Crippen LogP contribution in [0.25, 0.3) is 0 Å². The zero-order valence-electron chi connectivity index (χ0n) is 19.8. The second kappa shape index (κ2) is 10.7. The van der Waals surface area contributed by atoms with Crippen molar-refractivity contribution in [3.05, 3.63) is 75.8 Å². The first-order valence-corrected chi connectivity index (χ1v) is 11.8. The highest BCUT2D eigenvalue weighted by Crippen LogP contribution is 2.37. The number of aryl methyl sites for hydroxylation is 3. The molecular formula is C27H25ClN2O6. The van der Waals surface area contributed by atoms with Crippen molar-refractivity contribution in [3.8, 4) is 17.2 Å². The Bertz CT molecular complexity index is 1330. The molecule has 0 atom stereocenters. The van der Waals surface area contributed by atoms with Crippen molar-refractivity contribution in [1.82, 2.24) is 0 Å². The molecule has 0 saturated heterocycles. The van der Waals surface area contributed by atoms with Crippen molar-refractivity contribution in [1.29, 1.82) is 0 Å². The first-order chi connectivity index (χ1) is 17.2. The molecule has 0 radical (unpaired) electrons. The average Bonchev–Trinajstić information content (AvgIpc) is 3.30. The summed E-state index contributed by atoms with van der Waals surface area (Å²) >= 11 is 6.37. The minimum Gasteiger partial charge on any atom is -0.507 e. The Hall–Kier alpha value is -4.04. The number of phenols is 1. The summed E-state index contributed by atoms with van der Waals surface area (Å²) in [5.74, 6) is -2.02. The highest BCUT2D eigenvalue weighted by molar-refractivity contribution is 6.37. The Morgan fingerprint density at radius 1 is 0.972 bits per heavy atom. The fourth-order valence-corrected chi connectivity index (χ4v) is 4.34. The summed E-state index contributed by atoms with van der Waals surface area (Å²) in [5.41, 5.74) is 4.08. The predicted octanol–water partition coefficient (Wildman–Crippen LogP) is 5.39. The molecule has 0 aliphatic heterocycles. The number of hydrogen-bond donors (Lipinski definition) is 3. The molecule has 0 spiro atoms. The van der Waals surface area contributed by atoms with Gasteiger partial charge in [-0.25, -0.2) is 4.79 Å². The summed E-state index contributed by atoms with van der Waals surface area (Å²) in [6.07, 6.45) is 3.14. The van der Waals surface area contributed by atoms with Crippen LogP contribution in [-0.4, -0.2) is 29.5 Å². The van der Waals surface area contributed by atoms with E-state index in [4.69, 9.17) is 16.3 Å². The van der Waals surface area contributed by atoms with E-state index in [2.05, 4.69) is 15.4 Å². The van der Waals surface area contributed by atoms with Crippen molar-refractivity contribution in [2.24, 2.45) is 0 Å². The van der Waals surface area contributed by atoms with Gasteiger partial charge in [0.25, 0.3) is 5.91 Å². The highest BCUT2D eigenvalue weighted by atomic mass is 35.5. The Morgan fingerprint density at radius 2 is 1.75 bits per heavy atom. The number of aromatic hydroxyl groups is 1. The number of anilines is 2. The molecule has 2 amide bonds. The van der Waals surface area contributed by atoms with Gasteiger partial charge in [0.2, 0.25) is 0 Å². The van der Waals surface area contributed by atoms with Crippen LogP contribution in [0.15, 0.2) is 48.5 Å². The smallest absolute Gasteiger partial charge is 0.397 e. The molecule has 1 aliphatic rings. The molecule has 1 aliphatic carbocycles. The van der Waals surface area contributed by atoms with Gasteiger partial charge in [-0.2, -0.15) is 0 Å². The summed E-state index contributed by atoms with van der Waals surface area (Å²) in [6.45, 7) is 3.39. The average molecular weight is 509 g/mol. The summed E-state index contributed by atoms with van der Waals surface area (Å²) in [7, 11) is 0. The number of carbonyl (C=O) groups excluding carboxylic acids is 3. The van der Waals surface area contributed by atoms with Gasteiger partial charge in [0.15, 0.2) is 0 Å². The van der Waals surface area contributed by atoms with Crippen LogP contribution in [0, 0.1) is 6.92 Å². The van der Waals surface area contributed by atoms with Crippen LogP contribution < -0.4 is 15.4 Å². The van der Waals surface area contributed by atoms with Crippen molar-refractivity contribution in [2.45, 2.75) is 33.1 Å². The molecule has 3 aromatic rings. The fraction of sp³-hybridized carbons (Fsp3) is 0.222. The Morgan fingerprint density at radius 3 is 2.50 bits per heavy atom. The van der Waals surface area contributed by atoms with Gasteiger partial charge in [0.05, 0.1) is 17.2 Å². The largest absolute Gasteiger partial charge is 0.507 e. The standard InChI is InChI=1S/C27H25ClN2O6/c1-3-35-27(34)26(33)30-19-11-15(2)24(22(28)13-19)36-20-9-10-23(31)21(14-20)25(32)29-18-8-7-16-5-4-6-17(16)12-18/h7-14,31H,3-6H2,1-2H3,(H,29,32)(H,30,33). The zero-order chi connectivity index (χ0) is 25.8. The first kappa shape index (κ1) is 25.1. The summed E-state index contributed by atoms with van der Waals surface area (Å²) in [4.78, 5) is 36.4. The molecule has 0 bridgehead atoms. The van der Waals surface area contributed by atoms with Gasteiger partial charge in [-0.15, -0.1) is 0 Å². The van der Waals surface area contributed by atoms with Crippen molar-refractivity contribution in [3.63, 3.8) is 0 Å². The molecule has 186 valence electrons. The van der Waals surface area contributed by atoms with E-state index in [1.54, 1.807) is 19.9 Å². The SMILES string of the molecule is CCOC(=O)C(=O)Nc1cc(C)c(Oc2ccc(O)c(C(=O)Nc3ccc4c(c3)CCC4)c2)c(Cl)c1. The van der Waals surface area contributed by atoms with Crippen LogP contribution in [0.4, 0.5) is 11.4 Å². The van der Waals surface area contributed by atoms with Crippen molar-refractivity contribution < 1.29 is 29.0 Å². The number of amides is 2. The number of rotatable bonds is 6. The number of ether oxygens (including phenoxy) is 2. The Labute approximate surface area is 213 Å². The van der Waals surface area contributed by atoms with Crippen LogP contribution in [0.3, 0.4) is 0 Å². The number of carbonyl (C=O) groups is 3. The van der Waals surface area contributed by atoms with Crippen LogP contribution in [0.5, 0.6) is 17.2 Å². The lowest BCUT2D eigenvalue weighted by Crippen LogP contribution is -2.25. The van der Waals surface area contributed by atoms with E-state index in [1.165, 1.54) is 35.4 Å². The lowest BCUT2D eigenvalue weighted by molar-refractivity contribution is -0.152. The lowest BCUT2D eigenvalue weighted by atomic mass is 10.1. The third-order valence-electron chi connectivity index (χ3n) is 5.74. The summed E-state index contributed by atoms with van der Waals surface area (Å²) in [6, 6.07) is 13.1. The van der Waals surface area contributed by atoms with E-state index >= 15 is 0 Å². The topological polar surface area (TPSA) is 114 Å². The molecule has 3 aromatic carbocycles. The monoisotopic (exact) mass is 508 g/mol. The number of nitrogens with one attached hydrogen (secondary N) is 2. The minimum atomic E-state index is -0.999. The van der Waals surface area contributed by atoms with Gasteiger partial charge in [-0.05, 0) is 92.3 Å². The summed E-state index contributed by atoms with van der Waals surface area (Å²) < 4.78 is 10.6. The van der Waals surface area contributed by atoms with Crippen LogP contribution in [0.2, 0.25) is 5.02 Å². The van der Waals surface area contributed by atoms with Gasteiger partial charge in [0.1, 0.15) is 17.2 Å². The molecular weight excluding hydrogens is 484 g/mol. The maximum absolute atomic E-state index is 12.9. The van der Waals surface area contributed by atoms with Crippen LogP contribution in [-0.2, 0) is 27.2 Å². The van der Waals surface area contributed by atoms with E-state index in [1.807, 2.05) is 18.2 Å². The second-order valence-electron chi connectivity index (χ2n) is 8.35. The molecule has 8 nitrogen and oxygen atoms in total. The maximum atomic E-state index is 12.9. The van der Waals surface area contributed by atoms with E-state index in [9.17, 15) is 19.5 Å². The van der Waals surface area contributed by atoms with E-state index in [-0.39, 0.29) is 28.7 Å². The van der Waals surface area contributed by atoms with Gasteiger partial charge in [0, 0.05) is 11.4 Å². The second-order valence-corrected chi connectivity index (χ2v) is 8.76. The van der Waals surface area contributed by atoms with Gasteiger partial charge >= 0.3 is 11.9 Å². The first-order valence-electron chi connectivity index (χ1n) is 11.5. The van der Waals surface area contributed by atoms with E-state index in [0.29, 0.717) is 22.7 Å². The number of hydrogen-bond acceptors (Lipinski definition) is 6. The molecule has 36 heavy (non-hydrogen) atoms. The molecule has 0 saturated carbocycles. The van der Waals surface area contributed by atoms with Gasteiger partial charge in [-0.3, -0.25) is 9.59 Å². The quantitative estimate of drug-likeness (QED) is 0.304. The summed E-state index contributed by atoms with van der Waals surface area (Å²) in [5, 5.41) is 15.7. The molecule has 0 fully saturated rings. The molecule has 4 rings (SSSR count). The van der Waals surface area contributed by atoms with Crippen LogP contribution >= 0.6 is 11.6 Å². The minimum absolute atomic E-state index is 0.0418. The number of phenolic OH excluding ortho intramolecular Hbond substituents is 1. The predicted molar refractivity (Wildman–Crippen MR) is 136 cm³/mol. The van der Waals surface area contributed by atoms with Crippen LogP contribution in [0.1, 0.15) is 40.4 Å². The zero-order valence-corrected chi connectivity index (χ0v) is 20.6. The number of fused-ring (bicyclic) bond motifs is 1. The van der Waals surface area contributed by atoms with Gasteiger partial charge < -0.3 is 25.2 Å². The van der Waals surface area contributed by atoms with E-state index < -0.39 is 17.8 Å². The van der Waals surface area contributed by atoms with Crippen molar-refractivity contribution >= 4 is 40.8 Å². The number of esters is 1. The number of benzene rings is 3. The fourth-order valence-electron chi connectivity index (χ4n) is 4.04. The third-order valence-corrected chi connectivity index (χ3v) is 6.02. The Balaban J connectivity index is 1.50. The molecule has 3 N–H and O–H groups in total. The third kappa shape index (κ3) is 5.60. The molecule has 0 aromatic heterocycles. The normalized spacial score (nSPS) is 12.0. The maximum Gasteiger partial charge on any atom is 0.397 e. The highest BCUT2D eigenvalue weighted by Gasteiger charge is 2.19. The van der Waals surface area contributed by atoms with Gasteiger partial charge in [-0.1, -0.05) is 17.7 Å². The molecule has 9 heteroatoms. The molecule has 0 unspecified atom stereocenters. The van der Waals surface area contributed by atoms with E-state index in [0.717, 1.165) is 19.3 Å². The number of halogens is 1. The lowest BCUT2D eigenvalue weighted by Gasteiger charge is -2.14. The molecule has 0 heterocycles. The van der Waals surface area contributed by atoms with Crippen molar-refractivity contribution in [2.75, 3.05) is 17.2 Å². The Kier molecular flexibility index (Phi) is 7.45.